The fourth-order valence-electron chi connectivity index (χ4n) is 3.47. The van der Waals surface area contributed by atoms with Crippen LogP contribution in [0.4, 0.5) is 11.6 Å². The summed E-state index contributed by atoms with van der Waals surface area (Å²) < 4.78 is 7.99. The van der Waals surface area contributed by atoms with Gasteiger partial charge in [-0.1, -0.05) is 0 Å². The van der Waals surface area contributed by atoms with Crippen molar-refractivity contribution in [1.29, 1.82) is 0 Å². The van der Waals surface area contributed by atoms with E-state index in [2.05, 4.69) is 37.7 Å². The Bertz CT molecular complexity index is 1150. The van der Waals surface area contributed by atoms with Gasteiger partial charge in [0.1, 0.15) is 11.9 Å². The molecule has 0 aliphatic heterocycles. The lowest BCUT2D eigenvalue weighted by atomic mass is 9.90. The molecule has 1 saturated carbocycles. The van der Waals surface area contributed by atoms with Gasteiger partial charge in [0, 0.05) is 35.8 Å². The number of anilines is 2. The van der Waals surface area contributed by atoms with Crippen molar-refractivity contribution in [2.45, 2.75) is 31.9 Å². The fraction of sp³-hybridized carbons (Fsp3) is 0.238. The van der Waals surface area contributed by atoms with Gasteiger partial charge < -0.3 is 15.8 Å². The first-order valence-corrected chi connectivity index (χ1v) is 9.57. The fourth-order valence-corrected chi connectivity index (χ4v) is 3.47. The molecule has 29 heavy (non-hydrogen) atoms. The number of rotatable bonds is 5. The molecule has 0 saturated heterocycles. The SMILES string of the molecule is Cc1cc(-c2ccn3nc(Nc4cccnn4)cc3c2)c(OC2CC(N)C2)cn1. The Morgan fingerprint density at radius 1 is 1.17 bits per heavy atom. The minimum absolute atomic E-state index is 0.162. The predicted molar refractivity (Wildman–Crippen MR) is 110 cm³/mol. The lowest BCUT2D eigenvalue weighted by Gasteiger charge is -2.33. The quantitative estimate of drug-likeness (QED) is 0.542. The van der Waals surface area contributed by atoms with Crippen LogP contribution in [0, 0.1) is 6.92 Å². The Labute approximate surface area is 167 Å². The number of nitrogens with two attached hydrogens (primary N) is 1. The van der Waals surface area contributed by atoms with Crippen LogP contribution in [-0.4, -0.2) is 36.9 Å². The van der Waals surface area contributed by atoms with Crippen LogP contribution in [0.1, 0.15) is 18.5 Å². The van der Waals surface area contributed by atoms with E-state index in [1.807, 2.05) is 41.9 Å². The van der Waals surface area contributed by atoms with Crippen molar-refractivity contribution in [1.82, 2.24) is 24.8 Å². The van der Waals surface area contributed by atoms with Gasteiger partial charge in [-0.05, 0) is 55.7 Å². The molecule has 146 valence electrons. The molecule has 8 heteroatoms. The molecule has 0 aromatic carbocycles. The van der Waals surface area contributed by atoms with Crippen LogP contribution >= 0.6 is 0 Å². The maximum absolute atomic E-state index is 6.17. The molecule has 4 heterocycles. The Hall–Kier alpha value is -3.52. The highest BCUT2D eigenvalue weighted by Gasteiger charge is 2.28. The van der Waals surface area contributed by atoms with Crippen LogP contribution in [0.2, 0.25) is 0 Å². The number of fused-ring (bicyclic) bond motifs is 1. The summed E-state index contributed by atoms with van der Waals surface area (Å²) in [5.74, 6) is 2.14. The molecule has 0 bridgehead atoms. The molecule has 0 amide bonds. The molecule has 4 aromatic rings. The van der Waals surface area contributed by atoms with Crippen molar-refractivity contribution in [3.8, 4) is 16.9 Å². The van der Waals surface area contributed by atoms with Crippen molar-refractivity contribution in [3.63, 3.8) is 0 Å². The molecule has 0 atom stereocenters. The number of hydrogen-bond donors (Lipinski definition) is 2. The third kappa shape index (κ3) is 3.62. The smallest absolute Gasteiger partial charge is 0.154 e. The molecule has 1 aliphatic rings. The third-order valence-electron chi connectivity index (χ3n) is 5.03. The third-order valence-corrected chi connectivity index (χ3v) is 5.03. The standard InChI is InChI=1S/C21H21N7O/c1-13-7-18(19(12-23-13)29-17-9-15(22)10-17)14-4-6-28-16(8-14)11-21(27-28)25-20-3-2-5-24-26-20/h2-8,11-12,15,17H,9-10,22H2,1H3,(H,25,26,27). The highest BCUT2D eigenvalue weighted by Crippen LogP contribution is 2.34. The molecule has 8 nitrogen and oxygen atoms in total. The maximum atomic E-state index is 6.17. The molecule has 1 aliphatic carbocycles. The van der Waals surface area contributed by atoms with Gasteiger partial charge in [0.05, 0.1) is 11.7 Å². The lowest BCUT2D eigenvalue weighted by Crippen LogP contribution is -2.43. The van der Waals surface area contributed by atoms with E-state index in [-0.39, 0.29) is 12.1 Å². The Kier molecular flexibility index (Phi) is 4.33. The minimum atomic E-state index is 0.162. The first kappa shape index (κ1) is 17.6. The molecule has 4 aromatic heterocycles. The van der Waals surface area contributed by atoms with Crippen LogP contribution in [0.5, 0.6) is 5.75 Å². The normalized spacial score (nSPS) is 18.4. The van der Waals surface area contributed by atoms with Crippen LogP contribution in [0.3, 0.4) is 0 Å². The first-order chi connectivity index (χ1) is 14.1. The van der Waals surface area contributed by atoms with Crippen molar-refractivity contribution in [3.05, 3.63) is 60.7 Å². The summed E-state index contributed by atoms with van der Waals surface area (Å²) in [6.45, 7) is 1.98. The van der Waals surface area contributed by atoms with Crippen molar-refractivity contribution in [2.24, 2.45) is 5.73 Å². The van der Waals surface area contributed by atoms with E-state index < -0.39 is 0 Å². The first-order valence-electron chi connectivity index (χ1n) is 9.57. The van der Waals surface area contributed by atoms with E-state index in [1.54, 1.807) is 12.4 Å². The van der Waals surface area contributed by atoms with Gasteiger partial charge in [-0.2, -0.15) is 10.2 Å². The van der Waals surface area contributed by atoms with E-state index in [4.69, 9.17) is 10.5 Å². The Morgan fingerprint density at radius 2 is 2.07 bits per heavy atom. The van der Waals surface area contributed by atoms with Gasteiger partial charge >= 0.3 is 0 Å². The number of hydrogen-bond acceptors (Lipinski definition) is 7. The summed E-state index contributed by atoms with van der Waals surface area (Å²) in [7, 11) is 0. The van der Waals surface area contributed by atoms with Crippen molar-refractivity contribution >= 4 is 17.2 Å². The van der Waals surface area contributed by atoms with Crippen LogP contribution < -0.4 is 15.8 Å². The second-order valence-corrected chi connectivity index (χ2v) is 7.34. The predicted octanol–water partition coefficient (Wildman–Crippen LogP) is 3.11. The number of aryl methyl sites for hydroxylation is 1. The summed E-state index contributed by atoms with van der Waals surface area (Å²) >= 11 is 0. The molecule has 0 unspecified atom stereocenters. The number of ether oxygens (including phenoxy) is 1. The Morgan fingerprint density at radius 3 is 2.86 bits per heavy atom. The zero-order valence-electron chi connectivity index (χ0n) is 16.0. The molecular weight excluding hydrogens is 366 g/mol. The molecule has 0 radical (unpaired) electrons. The minimum Gasteiger partial charge on any atom is -0.488 e. The lowest BCUT2D eigenvalue weighted by molar-refractivity contribution is 0.101. The second kappa shape index (κ2) is 7.14. The van der Waals surface area contributed by atoms with Crippen LogP contribution in [-0.2, 0) is 0 Å². The highest BCUT2D eigenvalue weighted by molar-refractivity contribution is 5.75. The number of pyridine rings is 2. The maximum Gasteiger partial charge on any atom is 0.154 e. The van der Waals surface area contributed by atoms with Gasteiger partial charge in [-0.15, -0.1) is 5.10 Å². The number of nitrogens with one attached hydrogen (secondary N) is 1. The average molecular weight is 387 g/mol. The zero-order chi connectivity index (χ0) is 19.8. The molecule has 3 N–H and O–H groups in total. The van der Waals surface area contributed by atoms with Crippen molar-refractivity contribution in [2.75, 3.05) is 5.32 Å². The summed E-state index contributed by atoms with van der Waals surface area (Å²) in [6, 6.07) is 12.0. The highest BCUT2D eigenvalue weighted by atomic mass is 16.5. The number of nitrogens with zero attached hydrogens (tertiary/aromatic N) is 5. The second-order valence-electron chi connectivity index (χ2n) is 7.34. The topological polar surface area (TPSA) is 103 Å². The number of aromatic nitrogens is 5. The monoisotopic (exact) mass is 387 g/mol. The zero-order valence-corrected chi connectivity index (χ0v) is 16.0. The molecule has 5 rings (SSSR count). The summed E-state index contributed by atoms with van der Waals surface area (Å²) in [5.41, 5.74) is 9.86. The van der Waals surface area contributed by atoms with Gasteiger partial charge in [0.15, 0.2) is 11.6 Å². The summed E-state index contributed by atoms with van der Waals surface area (Å²) in [4.78, 5) is 4.41. The van der Waals surface area contributed by atoms with Gasteiger partial charge in [-0.25, -0.2) is 4.52 Å². The van der Waals surface area contributed by atoms with E-state index in [9.17, 15) is 0 Å². The van der Waals surface area contributed by atoms with E-state index >= 15 is 0 Å². The van der Waals surface area contributed by atoms with Gasteiger partial charge in [0.25, 0.3) is 0 Å². The largest absolute Gasteiger partial charge is 0.488 e. The molecule has 0 spiro atoms. The van der Waals surface area contributed by atoms with Gasteiger partial charge in [0.2, 0.25) is 0 Å². The van der Waals surface area contributed by atoms with E-state index in [1.165, 1.54) is 0 Å². The van der Waals surface area contributed by atoms with E-state index in [0.717, 1.165) is 40.9 Å². The van der Waals surface area contributed by atoms with Gasteiger partial charge in [-0.3, -0.25) is 4.98 Å². The van der Waals surface area contributed by atoms with Crippen LogP contribution in [0.15, 0.2) is 55.0 Å². The average Bonchev–Trinajstić information content (AvgIpc) is 3.10. The van der Waals surface area contributed by atoms with E-state index in [0.29, 0.717) is 11.6 Å². The molecule has 1 fully saturated rings. The summed E-state index contributed by atoms with van der Waals surface area (Å²) in [5, 5.41) is 15.6. The van der Waals surface area contributed by atoms with Crippen LogP contribution in [0.25, 0.3) is 16.6 Å². The van der Waals surface area contributed by atoms with Crippen molar-refractivity contribution < 1.29 is 4.74 Å². The summed E-state index contributed by atoms with van der Waals surface area (Å²) in [6.07, 6.45) is 7.30. The Balaban J connectivity index is 1.46. The molecular formula is C21H21N7O.